The van der Waals surface area contributed by atoms with Crippen molar-refractivity contribution >= 4 is 11.6 Å². The van der Waals surface area contributed by atoms with Gasteiger partial charge in [-0.15, -0.1) is 0 Å². The van der Waals surface area contributed by atoms with Crippen LogP contribution in [0.5, 0.6) is 0 Å². The molecule has 4 nitrogen and oxygen atoms in total. The number of aryl methyl sites for hydroxylation is 1. The van der Waals surface area contributed by atoms with Crippen molar-refractivity contribution in [3.05, 3.63) is 34.8 Å². The molecule has 0 saturated heterocycles. The smallest absolute Gasteiger partial charge is 0.349 e. The zero-order valence-electron chi connectivity index (χ0n) is 18.6. The van der Waals surface area contributed by atoms with Gasteiger partial charge in [-0.2, -0.15) is 13.2 Å². The number of nitrogens with zero attached hydrogens (tertiary/aromatic N) is 2. The first kappa shape index (κ1) is 24.8. The van der Waals surface area contributed by atoms with Crippen molar-refractivity contribution in [2.24, 2.45) is 5.92 Å². The van der Waals surface area contributed by atoms with Crippen molar-refractivity contribution in [1.82, 2.24) is 14.7 Å². The van der Waals surface area contributed by atoms with E-state index in [1.54, 1.807) is 6.92 Å². The van der Waals surface area contributed by atoms with E-state index in [0.717, 1.165) is 0 Å². The molecule has 0 spiro atoms. The van der Waals surface area contributed by atoms with E-state index in [-0.39, 0.29) is 80.6 Å². The molecule has 2 aliphatic rings. The number of aromatic nitrogens is 2. The third-order valence-corrected chi connectivity index (χ3v) is 6.90. The molecule has 2 aromatic heterocycles. The van der Waals surface area contributed by atoms with Crippen LogP contribution in [0.4, 0.5) is 30.7 Å². The van der Waals surface area contributed by atoms with Crippen LogP contribution in [-0.2, 0) is 12.6 Å². The molecule has 2 aliphatic carbocycles. The van der Waals surface area contributed by atoms with Gasteiger partial charge >= 0.3 is 6.18 Å². The SMILES string of the molecule is Cc1cc(C(=O)NC2CCC(F)(F)CC2)cc2nc(C(F)(F)F)c(CC3CCC(F)(F)CC3)n12. The van der Waals surface area contributed by atoms with E-state index in [9.17, 15) is 35.5 Å². The highest BCUT2D eigenvalue weighted by atomic mass is 19.4. The van der Waals surface area contributed by atoms with Crippen LogP contribution < -0.4 is 5.32 Å². The molecule has 0 bridgehead atoms. The Balaban J connectivity index is 1.60. The van der Waals surface area contributed by atoms with Gasteiger partial charge in [-0.1, -0.05) is 0 Å². The van der Waals surface area contributed by atoms with E-state index in [0.29, 0.717) is 5.69 Å². The maximum Gasteiger partial charge on any atom is 0.435 e. The summed E-state index contributed by atoms with van der Waals surface area (Å²) >= 11 is 0. The van der Waals surface area contributed by atoms with E-state index >= 15 is 0 Å². The number of nitrogens with one attached hydrogen (secondary N) is 1. The number of pyridine rings is 1. The molecule has 2 fully saturated rings. The zero-order valence-corrected chi connectivity index (χ0v) is 18.6. The monoisotopic (exact) mass is 493 g/mol. The number of alkyl halides is 7. The minimum Gasteiger partial charge on any atom is -0.349 e. The Kier molecular flexibility index (Phi) is 6.35. The molecule has 2 heterocycles. The highest BCUT2D eigenvalue weighted by Gasteiger charge is 2.41. The van der Waals surface area contributed by atoms with Gasteiger partial charge in [0.25, 0.3) is 5.91 Å². The lowest BCUT2D eigenvalue weighted by Crippen LogP contribution is -2.40. The molecule has 0 atom stereocenters. The molecule has 11 heteroatoms. The second-order valence-corrected chi connectivity index (χ2v) is 9.59. The first-order chi connectivity index (χ1) is 15.7. The van der Waals surface area contributed by atoms with Crippen molar-refractivity contribution in [1.29, 1.82) is 0 Å². The largest absolute Gasteiger partial charge is 0.435 e. The van der Waals surface area contributed by atoms with Crippen LogP contribution in [0.2, 0.25) is 0 Å². The molecule has 188 valence electrons. The number of halogens is 7. The Bertz CT molecular complexity index is 1060. The molecule has 1 amide bonds. The van der Waals surface area contributed by atoms with Crippen LogP contribution in [0.15, 0.2) is 12.1 Å². The highest BCUT2D eigenvalue weighted by Crippen LogP contribution is 2.40. The number of carbonyl (C=O) groups is 1. The lowest BCUT2D eigenvalue weighted by molar-refractivity contribution is -0.141. The van der Waals surface area contributed by atoms with Crippen LogP contribution in [0.1, 0.15) is 78.8 Å². The van der Waals surface area contributed by atoms with E-state index in [4.69, 9.17) is 0 Å². The predicted molar refractivity (Wildman–Crippen MR) is 110 cm³/mol. The average Bonchev–Trinajstić information content (AvgIpc) is 3.10. The molecule has 1 N–H and O–H groups in total. The number of carbonyl (C=O) groups excluding carboxylic acids is 1. The van der Waals surface area contributed by atoms with Crippen molar-refractivity contribution in [3.8, 4) is 0 Å². The molecule has 2 saturated carbocycles. The van der Waals surface area contributed by atoms with Crippen molar-refractivity contribution in [3.63, 3.8) is 0 Å². The maximum atomic E-state index is 13.8. The van der Waals surface area contributed by atoms with E-state index < -0.39 is 35.7 Å². The topological polar surface area (TPSA) is 46.4 Å². The summed E-state index contributed by atoms with van der Waals surface area (Å²) in [6, 6.07) is 2.24. The molecule has 0 radical (unpaired) electrons. The predicted octanol–water partition coefficient (Wildman–Crippen LogP) is 6.34. The number of hydrogen-bond acceptors (Lipinski definition) is 2. The highest BCUT2D eigenvalue weighted by molar-refractivity contribution is 5.95. The second kappa shape index (κ2) is 8.71. The zero-order chi connectivity index (χ0) is 24.9. The summed E-state index contributed by atoms with van der Waals surface area (Å²) in [5.41, 5.74) is -0.817. The van der Waals surface area contributed by atoms with Crippen LogP contribution in [0, 0.1) is 12.8 Å². The average molecular weight is 493 g/mol. The van der Waals surface area contributed by atoms with Crippen LogP contribution in [0.25, 0.3) is 5.65 Å². The molecule has 2 aromatic rings. The van der Waals surface area contributed by atoms with Crippen molar-refractivity contribution < 1.29 is 35.5 Å². The maximum absolute atomic E-state index is 13.8. The summed E-state index contributed by atoms with van der Waals surface area (Å²) < 4.78 is 96.4. The first-order valence-electron chi connectivity index (χ1n) is 11.4. The molecule has 4 rings (SSSR count). The fourth-order valence-electron chi connectivity index (χ4n) is 5.01. The van der Waals surface area contributed by atoms with Crippen LogP contribution in [0.3, 0.4) is 0 Å². The van der Waals surface area contributed by atoms with Gasteiger partial charge in [0.15, 0.2) is 5.69 Å². The lowest BCUT2D eigenvalue weighted by atomic mass is 9.83. The fraction of sp³-hybridized carbons (Fsp3) is 0.652. The third-order valence-electron chi connectivity index (χ3n) is 6.90. The van der Waals surface area contributed by atoms with Gasteiger partial charge in [0.2, 0.25) is 11.8 Å². The molecule has 0 aliphatic heterocycles. The summed E-state index contributed by atoms with van der Waals surface area (Å²) in [7, 11) is 0. The lowest BCUT2D eigenvalue weighted by Gasteiger charge is -2.29. The summed E-state index contributed by atoms with van der Waals surface area (Å²) in [4.78, 5) is 16.5. The van der Waals surface area contributed by atoms with E-state index in [2.05, 4.69) is 10.3 Å². The Hall–Kier alpha value is -2.33. The van der Waals surface area contributed by atoms with Gasteiger partial charge in [0.1, 0.15) is 5.65 Å². The quantitative estimate of drug-likeness (QED) is 0.506. The van der Waals surface area contributed by atoms with Crippen LogP contribution in [-0.4, -0.2) is 33.2 Å². The number of imidazole rings is 1. The summed E-state index contributed by atoms with van der Waals surface area (Å²) in [5, 5.41) is 2.69. The van der Waals surface area contributed by atoms with Gasteiger partial charge < -0.3 is 9.72 Å². The standard InChI is InChI=1S/C23H26F7N3O/c1-13-10-15(20(34)31-16-4-8-22(26,27)9-5-16)12-18-32-19(23(28,29)30)17(33(13)18)11-14-2-6-21(24,25)7-3-14/h10,12,14,16H,2-9,11H2,1H3,(H,31,34). The minimum absolute atomic E-state index is 0.0469. The van der Waals surface area contributed by atoms with Gasteiger partial charge in [0, 0.05) is 43.0 Å². The molecule has 0 aromatic carbocycles. The van der Waals surface area contributed by atoms with Crippen LogP contribution >= 0.6 is 0 Å². The van der Waals surface area contributed by atoms with E-state index in [1.165, 1.54) is 16.5 Å². The minimum atomic E-state index is -4.75. The van der Waals surface area contributed by atoms with Gasteiger partial charge in [0.05, 0.1) is 5.69 Å². The van der Waals surface area contributed by atoms with Gasteiger partial charge in [-0.05, 0) is 57.1 Å². The first-order valence-corrected chi connectivity index (χ1v) is 11.4. The molecule has 0 unspecified atom stereocenters. The van der Waals surface area contributed by atoms with Gasteiger partial charge in [-0.25, -0.2) is 22.5 Å². The fourth-order valence-corrected chi connectivity index (χ4v) is 5.01. The summed E-state index contributed by atoms with van der Waals surface area (Å²) in [6.07, 6.45) is -5.69. The Morgan fingerprint density at radius 1 is 1.03 bits per heavy atom. The Morgan fingerprint density at radius 3 is 2.15 bits per heavy atom. The summed E-state index contributed by atoms with van der Waals surface area (Å²) in [5.74, 6) is -6.42. The molecular formula is C23H26F7N3O. The number of rotatable bonds is 4. The number of hydrogen-bond donors (Lipinski definition) is 1. The Morgan fingerprint density at radius 2 is 1.59 bits per heavy atom. The van der Waals surface area contributed by atoms with Gasteiger partial charge in [-0.3, -0.25) is 4.79 Å². The normalized spacial score (nSPS) is 21.6. The molecule has 34 heavy (non-hydrogen) atoms. The summed E-state index contributed by atoms with van der Waals surface area (Å²) in [6.45, 7) is 1.55. The van der Waals surface area contributed by atoms with Crippen molar-refractivity contribution in [2.45, 2.75) is 88.8 Å². The van der Waals surface area contributed by atoms with E-state index in [1.807, 2.05) is 0 Å². The molecular weight excluding hydrogens is 467 g/mol. The third kappa shape index (κ3) is 5.33. The number of amides is 1. The van der Waals surface area contributed by atoms with Crippen molar-refractivity contribution in [2.75, 3.05) is 0 Å². The Labute approximate surface area is 191 Å². The second-order valence-electron chi connectivity index (χ2n) is 9.59. The number of fused-ring (bicyclic) bond motifs is 1.